The Morgan fingerprint density at radius 1 is 1.15 bits per heavy atom. The summed E-state index contributed by atoms with van der Waals surface area (Å²) in [4.78, 5) is 12.1. The number of esters is 1. The number of aryl methyl sites for hydroxylation is 1. The molecule has 0 atom stereocenters. The number of fused-ring (bicyclic) bond motifs is 1. The average molecular weight is 374 g/mol. The van der Waals surface area contributed by atoms with Crippen LogP contribution in [0.1, 0.15) is 11.5 Å². The van der Waals surface area contributed by atoms with E-state index in [9.17, 15) is 13.2 Å². The zero-order valence-electron chi connectivity index (χ0n) is 14.4. The van der Waals surface area contributed by atoms with Gasteiger partial charge in [0.2, 0.25) is 10.0 Å². The molecule has 0 saturated heterocycles. The number of carbonyl (C=O) groups is 1. The molecule has 0 bridgehead atoms. The summed E-state index contributed by atoms with van der Waals surface area (Å²) in [6.45, 7) is 1.26. The quantitative estimate of drug-likeness (QED) is 0.616. The molecule has 8 heteroatoms. The third-order valence-electron chi connectivity index (χ3n) is 3.84. The Labute approximate surface area is 151 Å². The van der Waals surface area contributed by atoms with E-state index >= 15 is 0 Å². The molecule has 0 saturated carbocycles. The molecule has 0 unspecified atom stereocenters. The SMILES string of the molecule is Cc1cc(COC(=O)CN(C)S(=O)(=O)c2ccc3ccccc3c2)no1. The predicted molar refractivity (Wildman–Crippen MR) is 94.8 cm³/mol. The summed E-state index contributed by atoms with van der Waals surface area (Å²) in [6.07, 6.45) is 0. The van der Waals surface area contributed by atoms with Gasteiger partial charge >= 0.3 is 5.97 Å². The monoisotopic (exact) mass is 374 g/mol. The molecule has 0 spiro atoms. The molecule has 26 heavy (non-hydrogen) atoms. The van der Waals surface area contributed by atoms with Crippen LogP contribution in [-0.2, 0) is 26.2 Å². The van der Waals surface area contributed by atoms with Gasteiger partial charge in [-0.1, -0.05) is 35.5 Å². The summed E-state index contributed by atoms with van der Waals surface area (Å²) in [7, 11) is -2.47. The lowest BCUT2D eigenvalue weighted by molar-refractivity contribution is -0.145. The van der Waals surface area contributed by atoms with Gasteiger partial charge in [0.25, 0.3) is 0 Å². The Kier molecular flexibility index (Phi) is 5.06. The first-order valence-electron chi connectivity index (χ1n) is 7.89. The van der Waals surface area contributed by atoms with E-state index in [1.54, 1.807) is 25.1 Å². The van der Waals surface area contributed by atoms with Crippen LogP contribution < -0.4 is 0 Å². The number of nitrogens with zero attached hydrogens (tertiary/aromatic N) is 2. The standard InChI is InChI=1S/C18H18N2O5S/c1-13-9-16(19-25-13)12-24-18(21)11-20(2)26(22,23)17-8-7-14-5-3-4-6-15(14)10-17/h3-10H,11-12H2,1-2H3. The molecule has 3 rings (SSSR count). The van der Waals surface area contributed by atoms with Crippen LogP contribution in [0.2, 0.25) is 0 Å². The molecule has 1 aromatic heterocycles. The Balaban J connectivity index is 1.68. The van der Waals surface area contributed by atoms with Crippen molar-refractivity contribution in [3.63, 3.8) is 0 Å². The highest BCUT2D eigenvalue weighted by molar-refractivity contribution is 7.89. The first kappa shape index (κ1) is 18.1. The van der Waals surface area contributed by atoms with Crippen LogP contribution in [0.5, 0.6) is 0 Å². The maximum absolute atomic E-state index is 12.7. The molecule has 3 aromatic rings. The van der Waals surface area contributed by atoms with Crippen molar-refractivity contribution in [1.29, 1.82) is 0 Å². The van der Waals surface area contributed by atoms with Gasteiger partial charge in [-0.25, -0.2) is 8.42 Å². The van der Waals surface area contributed by atoms with Crippen LogP contribution in [-0.4, -0.2) is 37.4 Å². The van der Waals surface area contributed by atoms with Gasteiger partial charge in [0.15, 0.2) is 0 Å². The second-order valence-electron chi connectivity index (χ2n) is 5.86. The minimum absolute atomic E-state index is 0.0694. The fourth-order valence-electron chi connectivity index (χ4n) is 2.46. The maximum Gasteiger partial charge on any atom is 0.321 e. The molecule has 1 heterocycles. The summed E-state index contributed by atoms with van der Waals surface area (Å²) in [5, 5.41) is 5.46. The molecule has 0 N–H and O–H groups in total. The summed E-state index contributed by atoms with van der Waals surface area (Å²) in [5.41, 5.74) is 0.468. The highest BCUT2D eigenvalue weighted by Gasteiger charge is 2.24. The lowest BCUT2D eigenvalue weighted by Crippen LogP contribution is -2.33. The summed E-state index contributed by atoms with van der Waals surface area (Å²) < 4.78 is 36.2. The molecule has 7 nitrogen and oxygen atoms in total. The van der Waals surface area contributed by atoms with Crippen LogP contribution in [0.25, 0.3) is 10.8 Å². The van der Waals surface area contributed by atoms with Gasteiger partial charge in [-0.3, -0.25) is 4.79 Å². The Hall–Kier alpha value is -2.71. The van der Waals surface area contributed by atoms with Gasteiger partial charge in [-0.15, -0.1) is 0 Å². The molecule has 0 aliphatic heterocycles. The lowest BCUT2D eigenvalue weighted by atomic mass is 10.1. The van der Waals surface area contributed by atoms with Gasteiger partial charge in [0.05, 0.1) is 4.90 Å². The van der Waals surface area contributed by atoms with Crippen LogP contribution in [0.3, 0.4) is 0 Å². The molecule has 0 aliphatic rings. The largest absolute Gasteiger partial charge is 0.458 e. The first-order valence-corrected chi connectivity index (χ1v) is 9.33. The highest BCUT2D eigenvalue weighted by Crippen LogP contribution is 2.21. The van der Waals surface area contributed by atoms with Crippen molar-refractivity contribution in [2.24, 2.45) is 0 Å². The van der Waals surface area contributed by atoms with Gasteiger partial charge < -0.3 is 9.26 Å². The van der Waals surface area contributed by atoms with E-state index in [-0.39, 0.29) is 11.5 Å². The van der Waals surface area contributed by atoms with E-state index in [4.69, 9.17) is 9.26 Å². The first-order chi connectivity index (χ1) is 12.4. The van der Waals surface area contributed by atoms with E-state index < -0.39 is 22.5 Å². The number of hydrogen-bond acceptors (Lipinski definition) is 6. The average Bonchev–Trinajstić information content (AvgIpc) is 3.04. The maximum atomic E-state index is 12.7. The van der Waals surface area contributed by atoms with Crippen molar-refractivity contribution in [1.82, 2.24) is 9.46 Å². The molecule has 0 amide bonds. The van der Waals surface area contributed by atoms with Crippen LogP contribution in [0.4, 0.5) is 0 Å². The number of aromatic nitrogens is 1. The van der Waals surface area contributed by atoms with Crippen molar-refractivity contribution < 1.29 is 22.5 Å². The highest BCUT2D eigenvalue weighted by atomic mass is 32.2. The number of rotatable bonds is 6. The van der Waals surface area contributed by atoms with Crippen molar-refractivity contribution in [2.45, 2.75) is 18.4 Å². The number of carbonyl (C=O) groups excluding carboxylic acids is 1. The fraction of sp³-hybridized carbons (Fsp3) is 0.222. The van der Waals surface area contributed by atoms with Crippen LogP contribution in [0.15, 0.2) is 57.9 Å². The second-order valence-corrected chi connectivity index (χ2v) is 7.90. The van der Waals surface area contributed by atoms with Crippen LogP contribution in [0, 0.1) is 6.92 Å². The van der Waals surface area contributed by atoms with Gasteiger partial charge in [0, 0.05) is 13.1 Å². The van der Waals surface area contributed by atoms with E-state index in [0.29, 0.717) is 11.5 Å². The van der Waals surface area contributed by atoms with Crippen LogP contribution >= 0.6 is 0 Å². The summed E-state index contributed by atoms with van der Waals surface area (Å²) in [5.74, 6) is -0.0652. The zero-order valence-corrected chi connectivity index (χ0v) is 15.2. The molecule has 0 aliphatic carbocycles. The second kappa shape index (κ2) is 7.27. The van der Waals surface area contributed by atoms with Crippen molar-refractivity contribution in [3.8, 4) is 0 Å². The number of likely N-dealkylation sites (N-methyl/N-ethyl adjacent to an activating group) is 1. The van der Waals surface area contributed by atoms with Crippen molar-refractivity contribution in [3.05, 3.63) is 60.0 Å². The van der Waals surface area contributed by atoms with Crippen molar-refractivity contribution >= 4 is 26.8 Å². The summed E-state index contributed by atoms with van der Waals surface area (Å²) in [6, 6.07) is 14.0. The van der Waals surface area contributed by atoms with E-state index in [1.807, 2.05) is 24.3 Å². The normalized spacial score (nSPS) is 11.8. The van der Waals surface area contributed by atoms with E-state index in [1.165, 1.54) is 13.1 Å². The Morgan fingerprint density at radius 2 is 1.88 bits per heavy atom. The van der Waals surface area contributed by atoms with E-state index in [2.05, 4.69) is 5.16 Å². The zero-order chi connectivity index (χ0) is 18.7. The molecule has 0 radical (unpaired) electrons. The Bertz CT molecular complexity index is 1040. The molecule has 136 valence electrons. The topological polar surface area (TPSA) is 89.7 Å². The number of benzene rings is 2. The lowest BCUT2D eigenvalue weighted by Gasteiger charge is -2.16. The smallest absolute Gasteiger partial charge is 0.321 e. The molecular weight excluding hydrogens is 356 g/mol. The molecule has 0 fully saturated rings. The van der Waals surface area contributed by atoms with Crippen molar-refractivity contribution in [2.75, 3.05) is 13.6 Å². The van der Waals surface area contributed by atoms with Gasteiger partial charge in [-0.05, 0) is 29.8 Å². The number of hydrogen-bond donors (Lipinski definition) is 0. The minimum Gasteiger partial charge on any atom is -0.458 e. The summed E-state index contributed by atoms with van der Waals surface area (Å²) >= 11 is 0. The third kappa shape index (κ3) is 3.92. The number of sulfonamides is 1. The third-order valence-corrected chi connectivity index (χ3v) is 5.64. The minimum atomic E-state index is -3.81. The predicted octanol–water partition coefficient (Wildman–Crippen LogP) is 2.50. The van der Waals surface area contributed by atoms with Gasteiger partial charge in [0.1, 0.15) is 24.6 Å². The molecular formula is C18H18N2O5S. The van der Waals surface area contributed by atoms with E-state index in [0.717, 1.165) is 15.1 Å². The molecule has 2 aromatic carbocycles. The fourth-order valence-corrected chi connectivity index (χ4v) is 3.61. The van der Waals surface area contributed by atoms with Gasteiger partial charge in [-0.2, -0.15) is 4.31 Å². The number of ether oxygens (including phenoxy) is 1. The Morgan fingerprint density at radius 3 is 2.58 bits per heavy atom.